The number of hydrogen-bond donors (Lipinski definition) is 1. The topological polar surface area (TPSA) is 64.2 Å². The largest absolute Gasteiger partial charge is 0.389 e. The van der Waals surface area contributed by atoms with Crippen LogP contribution in [-0.4, -0.2) is 45.6 Å². The smallest absolute Gasteiger partial charge is 0.369 e. The molecule has 5 nitrogen and oxygen atoms in total. The average molecular weight is 573 g/mol. The Balaban J connectivity index is 0.000000522. The first-order chi connectivity index (χ1) is 17.9. The van der Waals surface area contributed by atoms with Crippen molar-refractivity contribution in [1.82, 2.24) is 14.5 Å². The van der Waals surface area contributed by atoms with E-state index in [4.69, 9.17) is 5.73 Å². The molecule has 0 saturated heterocycles. The van der Waals surface area contributed by atoms with Crippen molar-refractivity contribution < 1.29 is 30.7 Å². The van der Waals surface area contributed by atoms with E-state index in [9.17, 15) is 35.5 Å². The minimum atomic E-state index is -4.42. The summed E-state index contributed by atoms with van der Waals surface area (Å²) in [6, 6.07) is -0.451. The fourth-order valence-corrected chi connectivity index (χ4v) is 4.48. The summed E-state index contributed by atoms with van der Waals surface area (Å²) >= 11 is 0. The molecular weight excluding hydrogens is 529 g/mol. The van der Waals surface area contributed by atoms with Gasteiger partial charge in [0.05, 0.1) is 18.6 Å². The van der Waals surface area contributed by atoms with Crippen molar-refractivity contribution in [2.75, 3.05) is 6.54 Å². The van der Waals surface area contributed by atoms with E-state index in [0.29, 0.717) is 43.7 Å². The SMILES string of the molecule is C=C(C)N1CCc2c(ncn(C(CCC(C)(F)F)CCC(F)(F)F)c2=O)C1.CC(F)F.CC1CCC(N)CC1. The first-order valence-corrected chi connectivity index (χ1v) is 13.4. The molecule has 1 atom stereocenters. The van der Waals surface area contributed by atoms with Gasteiger partial charge in [0.25, 0.3) is 5.56 Å². The predicted octanol–water partition coefficient (Wildman–Crippen LogP) is 7.25. The van der Waals surface area contributed by atoms with Gasteiger partial charge in [-0.1, -0.05) is 13.5 Å². The Morgan fingerprint density at radius 2 is 1.67 bits per heavy atom. The highest BCUT2D eigenvalue weighted by Crippen LogP contribution is 2.31. The van der Waals surface area contributed by atoms with E-state index in [-0.39, 0.29) is 6.42 Å². The lowest BCUT2D eigenvalue weighted by molar-refractivity contribution is -0.137. The van der Waals surface area contributed by atoms with Crippen LogP contribution in [0.5, 0.6) is 0 Å². The summed E-state index contributed by atoms with van der Waals surface area (Å²) in [5.41, 5.74) is 7.09. The van der Waals surface area contributed by atoms with Gasteiger partial charge in [0.2, 0.25) is 12.3 Å². The molecule has 1 saturated carbocycles. The van der Waals surface area contributed by atoms with Gasteiger partial charge in [-0.15, -0.1) is 0 Å². The van der Waals surface area contributed by atoms with Crippen LogP contribution in [0, 0.1) is 5.92 Å². The zero-order valence-electron chi connectivity index (χ0n) is 23.3. The molecule has 1 fully saturated rings. The number of aromatic nitrogens is 2. The van der Waals surface area contributed by atoms with E-state index >= 15 is 0 Å². The molecule has 2 aliphatic rings. The Morgan fingerprint density at radius 3 is 2.13 bits per heavy atom. The molecule has 0 spiro atoms. The van der Waals surface area contributed by atoms with Crippen LogP contribution in [0.25, 0.3) is 0 Å². The van der Waals surface area contributed by atoms with E-state index in [1.54, 1.807) is 0 Å². The Bertz CT molecular complexity index is 905. The van der Waals surface area contributed by atoms with E-state index in [1.165, 1.54) is 32.0 Å². The standard InChI is InChI=1S/C18H24F5N3O.C7H15N.C2H4F2/c1-12(2)25-9-6-14-15(10-25)24-11-26(16(14)27)13(4-7-17(3,19)20)5-8-18(21,22)23;1-6-2-4-7(8)5-3-6;1-2(3)4/h11,13H,1,4-10H2,2-3H3;6-7H,2-5,8H2,1H3;2H,1H3. The van der Waals surface area contributed by atoms with Crippen molar-refractivity contribution in [1.29, 1.82) is 0 Å². The Labute approximate surface area is 226 Å². The van der Waals surface area contributed by atoms with Crippen LogP contribution < -0.4 is 11.3 Å². The number of halogens is 7. The van der Waals surface area contributed by atoms with Crippen molar-refractivity contribution in [3.05, 3.63) is 40.2 Å². The van der Waals surface area contributed by atoms with Gasteiger partial charge in [0, 0.05) is 42.7 Å². The number of fused-ring (bicyclic) bond motifs is 1. The monoisotopic (exact) mass is 572 g/mol. The second-order valence-corrected chi connectivity index (χ2v) is 10.7. The molecule has 1 aliphatic carbocycles. The van der Waals surface area contributed by atoms with E-state index < -0.39 is 49.4 Å². The highest BCUT2D eigenvalue weighted by molar-refractivity contribution is 5.21. The maximum Gasteiger partial charge on any atom is 0.389 e. The van der Waals surface area contributed by atoms with Crippen LogP contribution in [0.15, 0.2) is 23.4 Å². The van der Waals surface area contributed by atoms with Gasteiger partial charge in [0.15, 0.2) is 0 Å². The molecule has 1 aromatic rings. The second kappa shape index (κ2) is 15.6. The van der Waals surface area contributed by atoms with Crippen LogP contribution in [0.1, 0.15) is 96.4 Å². The third-order valence-electron chi connectivity index (χ3n) is 6.82. The zero-order chi connectivity index (χ0) is 30.0. The Hall–Kier alpha value is -2.11. The fraction of sp³-hybridized carbons (Fsp3) is 0.778. The molecule has 0 bridgehead atoms. The van der Waals surface area contributed by atoms with Crippen LogP contribution in [0.2, 0.25) is 0 Å². The highest BCUT2D eigenvalue weighted by Gasteiger charge is 2.32. The Kier molecular flexibility index (Phi) is 14.0. The van der Waals surface area contributed by atoms with Gasteiger partial charge >= 0.3 is 6.18 Å². The minimum Gasteiger partial charge on any atom is -0.369 e. The van der Waals surface area contributed by atoms with E-state index in [1.807, 2.05) is 11.8 Å². The molecule has 12 heteroatoms. The summed E-state index contributed by atoms with van der Waals surface area (Å²) in [7, 11) is 0. The molecule has 1 unspecified atom stereocenters. The van der Waals surface area contributed by atoms with Crippen LogP contribution in [0.3, 0.4) is 0 Å². The van der Waals surface area contributed by atoms with Gasteiger partial charge in [-0.25, -0.2) is 22.5 Å². The summed E-state index contributed by atoms with van der Waals surface area (Å²) in [6.07, 6.45) is -2.19. The maximum atomic E-state index is 13.2. The summed E-state index contributed by atoms with van der Waals surface area (Å²) in [5, 5.41) is 0. The van der Waals surface area contributed by atoms with Crippen molar-refractivity contribution in [2.45, 2.75) is 123 Å². The van der Waals surface area contributed by atoms with Gasteiger partial charge in [-0.05, 0) is 71.6 Å². The zero-order valence-corrected chi connectivity index (χ0v) is 23.3. The molecule has 2 N–H and O–H groups in total. The van der Waals surface area contributed by atoms with Gasteiger partial charge in [0.1, 0.15) is 0 Å². The average Bonchev–Trinajstić information content (AvgIpc) is 2.80. The lowest BCUT2D eigenvalue weighted by Crippen LogP contribution is -2.37. The Morgan fingerprint density at radius 1 is 1.13 bits per heavy atom. The van der Waals surface area contributed by atoms with Crippen LogP contribution >= 0.6 is 0 Å². The molecule has 2 heterocycles. The van der Waals surface area contributed by atoms with E-state index in [2.05, 4.69) is 18.5 Å². The van der Waals surface area contributed by atoms with Gasteiger partial charge in [-0.3, -0.25) is 9.36 Å². The number of rotatable bonds is 7. The molecule has 0 amide bonds. The molecule has 1 aromatic heterocycles. The number of alkyl halides is 7. The van der Waals surface area contributed by atoms with Crippen molar-refractivity contribution in [3.8, 4) is 0 Å². The number of hydrogen-bond acceptors (Lipinski definition) is 4. The first kappa shape index (κ1) is 34.9. The van der Waals surface area contributed by atoms with Crippen LogP contribution in [0.4, 0.5) is 30.7 Å². The third kappa shape index (κ3) is 14.2. The molecule has 3 rings (SSSR count). The van der Waals surface area contributed by atoms with Crippen molar-refractivity contribution in [3.63, 3.8) is 0 Å². The molecule has 226 valence electrons. The molecule has 1 aliphatic heterocycles. The van der Waals surface area contributed by atoms with Crippen molar-refractivity contribution >= 4 is 0 Å². The molecule has 39 heavy (non-hydrogen) atoms. The molecule has 0 radical (unpaired) electrons. The number of allylic oxidation sites excluding steroid dienone is 1. The minimum absolute atomic E-state index is 0.224. The van der Waals surface area contributed by atoms with Gasteiger partial charge in [-0.2, -0.15) is 13.2 Å². The quantitative estimate of drug-likeness (QED) is 0.350. The first-order valence-electron chi connectivity index (χ1n) is 13.4. The lowest BCUT2D eigenvalue weighted by atomic mass is 9.88. The highest BCUT2D eigenvalue weighted by atomic mass is 19.4. The molecule has 0 aromatic carbocycles. The number of nitrogens with two attached hydrogens (primary N) is 1. The normalized spacial score (nSPS) is 20.3. The third-order valence-corrected chi connectivity index (χ3v) is 6.82. The fourth-order valence-electron chi connectivity index (χ4n) is 4.48. The van der Waals surface area contributed by atoms with Crippen molar-refractivity contribution in [2.24, 2.45) is 11.7 Å². The summed E-state index contributed by atoms with van der Waals surface area (Å²) in [5.74, 6) is -2.07. The summed E-state index contributed by atoms with van der Waals surface area (Å²) in [4.78, 5) is 19.0. The maximum absolute atomic E-state index is 13.2. The van der Waals surface area contributed by atoms with Crippen LogP contribution in [-0.2, 0) is 13.0 Å². The summed E-state index contributed by atoms with van der Waals surface area (Å²) in [6.45, 7) is 10.5. The van der Waals surface area contributed by atoms with Gasteiger partial charge < -0.3 is 10.6 Å². The number of nitrogens with zero attached hydrogens (tertiary/aromatic N) is 3. The second-order valence-electron chi connectivity index (χ2n) is 10.7. The predicted molar refractivity (Wildman–Crippen MR) is 139 cm³/mol. The lowest BCUT2D eigenvalue weighted by Gasteiger charge is -2.30. The molecular formula is C27H43F7N4O. The van der Waals surface area contributed by atoms with E-state index in [0.717, 1.165) is 23.1 Å². The summed E-state index contributed by atoms with van der Waals surface area (Å²) < 4.78 is 86.1.